The van der Waals surface area contributed by atoms with E-state index >= 15 is 0 Å². The predicted octanol–water partition coefficient (Wildman–Crippen LogP) is 2.24. The molecule has 4 rings (SSSR count). The molecule has 0 unspecified atom stereocenters. The number of rotatable bonds is 5. The summed E-state index contributed by atoms with van der Waals surface area (Å²) in [6.45, 7) is 5.17. The maximum Gasteiger partial charge on any atom is 0.272 e. The number of aromatic nitrogens is 3. The number of carbonyl (C=O) groups excluding carboxylic acids is 1. The molecular weight excluding hydrogens is 354 g/mol. The summed E-state index contributed by atoms with van der Waals surface area (Å²) in [5, 5.41) is 17.6. The highest BCUT2D eigenvalue weighted by atomic mass is 16.3. The van der Waals surface area contributed by atoms with Crippen LogP contribution >= 0.6 is 0 Å². The summed E-state index contributed by atoms with van der Waals surface area (Å²) < 4.78 is 1.89. The molecule has 0 atom stereocenters. The molecule has 0 bridgehead atoms. The molecular formula is C21H23N5O2. The van der Waals surface area contributed by atoms with Gasteiger partial charge in [0.2, 0.25) is 0 Å². The molecule has 2 aromatic heterocycles. The summed E-state index contributed by atoms with van der Waals surface area (Å²) in [5.74, 6) is 0.159. The molecule has 28 heavy (non-hydrogen) atoms. The first kappa shape index (κ1) is 18.2. The topological polar surface area (TPSA) is 83.3 Å². The molecule has 0 saturated carbocycles. The third-order valence-electron chi connectivity index (χ3n) is 4.98. The number of benzene rings is 1. The first-order valence-electron chi connectivity index (χ1n) is 9.35. The number of fused-ring (bicyclic) bond motifs is 1. The van der Waals surface area contributed by atoms with E-state index in [1.807, 2.05) is 54.1 Å². The number of para-hydroxylation sites is 1. The van der Waals surface area contributed by atoms with Gasteiger partial charge in [0.1, 0.15) is 5.75 Å². The average Bonchev–Trinajstić information content (AvgIpc) is 3.14. The molecule has 0 aliphatic carbocycles. The number of aromatic hydroxyl groups is 1. The number of nitrogens with zero attached hydrogens (tertiary/aromatic N) is 4. The second-order valence-corrected chi connectivity index (χ2v) is 7.04. The fraction of sp³-hybridized carbons (Fsp3) is 0.286. The zero-order valence-corrected chi connectivity index (χ0v) is 15.8. The predicted molar refractivity (Wildman–Crippen MR) is 105 cm³/mol. The smallest absolute Gasteiger partial charge is 0.272 e. The Morgan fingerprint density at radius 1 is 1.21 bits per heavy atom. The van der Waals surface area contributed by atoms with E-state index in [1.165, 1.54) is 0 Å². The monoisotopic (exact) mass is 377 g/mol. The largest absolute Gasteiger partial charge is 0.507 e. The van der Waals surface area contributed by atoms with Crippen LogP contribution < -0.4 is 5.32 Å². The second kappa shape index (κ2) is 7.82. The van der Waals surface area contributed by atoms with Crippen molar-refractivity contribution in [1.82, 2.24) is 25.0 Å². The minimum atomic E-state index is -0.199. The Kier molecular flexibility index (Phi) is 5.08. The zero-order valence-electron chi connectivity index (χ0n) is 15.8. The van der Waals surface area contributed by atoms with Crippen LogP contribution in [0.15, 0.2) is 48.7 Å². The van der Waals surface area contributed by atoms with E-state index in [9.17, 15) is 9.90 Å². The molecule has 144 valence electrons. The van der Waals surface area contributed by atoms with E-state index in [0.717, 1.165) is 35.6 Å². The van der Waals surface area contributed by atoms with Gasteiger partial charge < -0.3 is 10.4 Å². The number of aryl methyl sites for hydroxylation is 1. The number of phenolic OH excluding ortho intramolecular Hbond substituents is 1. The van der Waals surface area contributed by atoms with Gasteiger partial charge in [-0.15, -0.1) is 0 Å². The minimum absolute atomic E-state index is 0.199. The van der Waals surface area contributed by atoms with E-state index in [2.05, 4.69) is 20.3 Å². The van der Waals surface area contributed by atoms with Gasteiger partial charge in [0.15, 0.2) is 5.69 Å². The first-order chi connectivity index (χ1) is 13.6. The number of pyridine rings is 1. The highest BCUT2D eigenvalue weighted by Crippen LogP contribution is 2.24. The number of hydrogen-bond donors (Lipinski definition) is 2. The summed E-state index contributed by atoms with van der Waals surface area (Å²) >= 11 is 0. The van der Waals surface area contributed by atoms with Crippen LogP contribution in [-0.2, 0) is 26.2 Å². The van der Waals surface area contributed by atoms with E-state index in [-0.39, 0.29) is 5.91 Å². The Balaban J connectivity index is 1.40. The molecule has 1 aliphatic rings. The van der Waals surface area contributed by atoms with Gasteiger partial charge in [0.25, 0.3) is 5.91 Å². The van der Waals surface area contributed by atoms with Gasteiger partial charge in [0.05, 0.1) is 24.5 Å². The SMILES string of the molecule is Cc1cccc(CN2CCn3nc(C(=O)NCc4ccccn4)cc3C2)c1O. The van der Waals surface area contributed by atoms with Crippen molar-refractivity contribution in [2.75, 3.05) is 6.54 Å². The van der Waals surface area contributed by atoms with Crippen LogP contribution in [-0.4, -0.2) is 37.2 Å². The zero-order chi connectivity index (χ0) is 19.5. The lowest BCUT2D eigenvalue weighted by atomic mass is 10.1. The molecule has 7 nitrogen and oxygen atoms in total. The summed E-state index contributed by atoms with van der Waals surface area (Å²) in [6, 6.07) is 13.3. The lowest BCUT2D eigenvalue weighted by Crippen LogP contribution is -2.33. The van der Waals surface area contributed by atoms with Crippen LogP contribution in [0.25, 0.3) is 0 Å². The second-order valence-electron chi connectivity index (χ2n) is 7.04. The molecule has 0 radical (unpaired) electrons. The van der Waals surface area contributed by atoms with Crippen LogP contribution in [0.1, 0.15) is 33.0 Å². The quantitative estimate of drug-likeness (QED) is 0.712. The summed E-state index contributed by atoms with van der Waals surface area (Å²) in [4.78, 5) is 18.9. The van der Waals surface area contributed by atoms with E-state index in [0.29, 0.717) is 31.1 Å². The third kappa shape index (κ3) is 3.89. The van der Waals surface area contributed by atoms with Crippen LogP contribution in [0, 0.1) is 6.92 Å². The van der Waals surface area contributed by atoms with Crippen molar-refractivity contribution in [2.24, 2.45) is 0 Å². The van der Waals surface area contributed by atoms with E-state index in [1.54, 1.807) is 6.20 Å². The van der Waals surface area contributed by atoms with Crippen LogP contribution in [0.3, 0.4) is 0 Å². The average molecular weight is 377 g/mol. The third-order valence-corrected chi connectivity index (χ3v) is 4.98. The molecule has 0 spiro atoms. The van der Waals surface area contributed by atoms with E-state index in [4.69, 9.17) is 0 Å². The molecule has 3 heterocycles. The highest BCUT2D eigenvalue weighted by molar-refractivity contribution is 5.92. The van der Waals surface area contributed by atoms with Crippen molar-refractivity contribution < 1.29 is 9.90 Å². The minimum Gasteiger partial charge on any atom is -0.507 e. The molecule has 1 amide bonds. The fourth-order valence-corrected chi connectivity index (χ4v) is 3.42. The fourth-order valence-electron chi connectivity index (χ4n) is 3.42. The maximum absolute atomic E-state index is 12.4. The van der Waals surface area contributed by atoms with Gasteiger partial charge in [-0.25, -0.2) is 0 Å². The van der Waals surface area contributed by atoms with Crippen LogP contribution in [0.5, 0.6) is 5.75 Å². The van der Waals surface area contributed by atoms with Crippen LogP contribution in [0.4, 0.5) is 0 Å². The summed E-state index contributed by atoms with van der Waals surface area (Å²) in [5.41, 5.74) is 4.03. The molecule has 7 heteroatoms. The van der Waals surface area contributed by atoms with Gasteiger partial charge in [-0.2, -0.15) is 5.10 Å². The molecule has 0 fully saturated rings. The van der Waals surface area contributed by atoms with Crippen molar-refractivity contribution in [3.63, 3.8) is 0 Å². The van der Waals surface area contributed by atoms with Crippen molar-refractivity contribution in [2.45, 2.75) is 33.1 Å². The lowest BCUT2D eigenvalue weighted by molar-refractivity contribution is 0.0944. The number of nitrogens with one attached hydrogen (secondary N) is 1. The van der Waals surface area contributed by atoms with Gasteiger partial charge in [-0.05, 0) is 30.7 Å². The van der Waals surface area contributed by atoms with E-state index < -0.39 is 0 Å². The number of carbonyl (C=O) groups is 1. The van der Waals surface area contributed by atoms with Gasteiger partial charge in [-0.3, -0.25) is 19.4 Å². The summed E-state index contributed by atoms with van der Waals surface area (Å²) in [7, 11) is 0. The Bertz CT molecular complexity index is 984. The lowest BCUT2D eigenvalue weighted by Gasteiger charge is -2.27. The molecule has 3 aromatic rings. The molecule has 2 N–H and O–H groups in total. The molecule has 1 aromatic carbocycles. The van der Waals surface area contributed by atoms with Crippen molar-refractivity contribution in [3.05, 3.63) is 76.9 Å². The van der Waals surface area contributed by atoms with Crippen molar-refractivity contribution in [3.8, 4) is 5.75 Å². The normalized spacial score (nSPS) is 13.9. The van der Waals surface area contributed by atoms with Crippen molar-refractivity contribution in [1.29, 1.82) is 0 Å². The first-order valence-corrected chi connectivity index (χ1v) is 9.35. The number of hydrogen-bond acceptors (Lipinski definition) is 5. The standard InChI is InChI=1S/C21H23N5O2/c1-15-5-4-6-16(20(15)27)13-25-9-10-26-18(14-25)11-19(24-26)21(28)23-12-17-7-2-3-8-22-17/h2-8,11,27H,9-10,12-14H2,1H3,(H,23,28). The maximum atomic E-state index is 12.4. The number of phenols is 1. The Hall–Kier alpha value is -3.19. The van der Waals surface area contributed by atoms with Crippen LogP contribution in [0.2, 0.25) is 0 Å². The molecule has 1 aliphatic heterocycles. The summed E-state index contributed by atoms with van der Waals surface area (Å²) in [6.07, 6.45) is 1.71. The van der Waals surface area contributed by atoms with Gasteiger partial charge in [0, 0.05) is 31.4 Å². The van der Waals surface area contributed by atoms with Gasteiger partial charge >= 0.3 is 0 Å². The van der Waals surface area contributed by atoms with Gasteiger partial charge in [-0.1, -0.05) is 24.3 Å². The number of amides is 1. The Morgan fingerprint density at radius 3 is 2.93 bits per heavy atom. The Morgan fingerprint density at radius 2 is 2.11 bits per heavy atom. The highest BCUT2D eigenvalue weighted by Gasteiger charge is 2.21. The Labute approximate surface area is 163 Å². The van der Waals surface area contributed by atoms with Crippen molar-refractivity contribution >= 4 is 5.91 Å². The molecule has 0 saturated heterocycles.